The van der Waals surface area contributed by atoms with Crippen molar-refractivity contribution in [2.45, 2.75) is 82.4 Å². The fourth-order valence-electron chi connectivity index (χ4n) is 6.15. The van der Waals surface area contributed by atoms with Gasteiger partial charge in [-0.2, -0.15) is 0 Å². The predicted molar refractivity (Wildman–Crippen MR) is 121 cm³/mol. The molecular formula is C25H40N2O5. The number of hydrogen-bond acceptors (Lipinski definition) is 6. The summed E-state index contributed by atoms with van der Waals surface area (Å²) in [4.78, 5) is 17.2. The molecule has 4 saturated heterocycles. The van der Waals surface area contributed by atoms with Gasteiger partial charge in [-0.3, -0.25) is 0 Å². The largest absolute Gasteiger partial charge is 0.443 e. The number of methoxy groups -OCH3 is 1. The van der Waals surface area contributed by atoms with Crippen molar-refractivity contribution in [2.75, 3.05) is 46.4 Å². The summed E-state index contributed by atoms with van der Waals surface area (Å²) < 4.78 is 24.3. The zero-order chi connectivity index (χ0) is 22.5. The van der Waals surface area contributed by atoms with Crippen LogP contribution in [0.5, 0.6) is 0 Å². The third-order valence-electron chi connectivity index (χ3n) is 8.51. The van der Waals surface area contributed by atoms with Crippen LogP contribution in [0.15, 0.2) is 11.6 Å². The molecule has 4 heterocycles. The van der Waals surface area contributed by atoms with Crippen LogP contribution in [0.25, 0.3) is 0 Å². The lowest BCUT2D eigenvalue weighted by Gasteiger charge is -2.45. The Kier molecular flexibility index (Phi) is 6.06. The fourth-order valence-corrected chi connectivity index (χ4v) is 6.15. The van der Waals surface area contributed by atoms with Crippen molar-refractivity contribution in [3.05, 3.63) is 11.6 Å². The normalized spacial score (nSPS) is 41.1. The first-order chi connectivity index (χ1) is 15.3. The molecule has 0 radical (unpaired) electrons. The number of likely N-dealkylation sites (tertiary alicyclic amines) is 2. The zero-order valence-corrected chi connectivity index (χ0v) is 20.2. The van der Waals surface area contributed by atoms with E-state index in [-0.39, 0.29) is 41.5 Å². The molecular weight excluding hydrogens is 408 g/mol. The van der Waals surface area contributed by atoms with E-state index in [0.29, 0.717) is 5.92 Å². The van der Waals surface area contributed by atoms with E-state index in [2.05, 4.69) is 31.7 Å². The summed E-state index contributed by atoms with van der Waals surface area (Å²) in [5, 5.41) is 0. The van der Waals surface area contributed by atoms with E-state index in [0.717, 1.165) is 45.5 Å². The van der Waals surface area contributed by atoms with E-state index in [1.807, 2.05) is 4.90 Å². The summed E-state index contributed by atoms with van der Waals surface area (Å²) in [6.07, 6.45) is 6.84. The Morgan fingerprint density at radius 1 is 1.25 bits per heavy atom. The molecule has 5 rings (SSSR count). The molecule has 1 amide bonds. The van der Waals surface area contributed by atoms with Crippen LogP contribution in [0.3, 0.4) is 0 Å². The molecule has 0 bridgehead atoms. The first kappa shape index (κ1) is 22.6. The minimum atomic E-state index is -0.299. The van der Waals surface area contributed by atoms with Crippen LogP contribution in [0.2, 0.25) is 0 Å². The second kappa shape index (κ2) is 8.57. The average Bonchev–Trinajstić information content (AvgIpc) is 3.59. The van der Waals surface area contributed by atoms with Gasteiger partial charge in [0.15, 0.2) is 0 Å². The Bertz CT molecular complexity index is 739. The summed E-state index contributed by atoms with van der Waals surface area (Å²) in [6, 6.07) is 0. The minimum absolute atomic E-state index is 0.0720. The maximum absolute atomic E-state index is 12.9. The third-order valence-corrected chi connectivity index (χ3v) is 8.51. The first-order valence-corrected chi connectivity index (χ1v) is 12.5. The van der Waals surface area contributed by atoms with E-state index in [9.17, 15) is 4.79 Å². The van der Waals surface area contributed by atoms with Crippen LogP contribution >= 0.6 is 0 Å². The SMILES string of the molecule is CO[C@@H]1[C@H](OC(=O)N2CC(CCN3CCC3)C2)CC[C@]2(CO2)[C@H]1[C@@]1(C)O[C@@H]1CC=C(C)C. The van der Waals surface area contributed by atoms with Crippen LogP contribution in [-0.4, -0.2) is 91.8 Å². The molecule has 7 nitrogen and oxygen atoms in total. The predicted octanol–water partition coefficient (Wildman–Crippen LogP) is 3.23. The second-order valence-corrected chi connectivity index (χ2v) is 11.1. The van der Waals surface area contributed by atoms with Crippen molar-refractivity contribution in [3.8, 4) is 0 Å². The van der Waals surface area contributed by atoms with Gasteiger partial charge in [0.1, 0.15) is 23.4 Å². The van der Waals surface area contributed by atoms with Crippen LogP contribution < -0.4 is 0 Å². The second-order valence-electron chi connectivity index (χ2n) is 11.1. The summed E-state index contributed by atoms with van der Waals surface area (Å²) in [5.41, 5.74) is 0.820. The number of ether oxygens (including phenoxy) is 4. The van der Waals surface area contributed by atoms with Crippen molar-refractivity contribution in [1.82, 2.24) is 9.80 Å². The number of rotatable bonds is 8. The molecule has 1 aliphatic carbocycles. The molecule has 5 fully saturated rings. The monoisotopic (exact) mass is 448 g/mol. The lowest BCUT2D eigenvalue weighted by Crippen LogP contribution is -2.57. The number of epoxide rings is 2. The highest BCUT2D eigenvalue weighted by Gasteiger charge is 2.72. The Morgan fingerprint density at radius 2 is 2.00 bits per heavy atom. The fraction of sp³-hybridized carbons (Fsp3) is 0.880. The van der Waals surface area contributed by atoms with Crippen molar-refractivity contribution in [1.29, 1.82) is 0 Å². The van der Waals surface area contributed by atoms with Crippen LogP contribution in [0.4, 0.5) is 4.79 Å². The number of allylic oxidation sites excluding steroid dienone is 1. The van der Waals surface area contributed by atoms with Gasteiger partial charge in [-0.25, -0.2) is 4.79 Å². The lowest BCUT2D eigenvalue weighted by atomic mass is 9.68. The van der Waals surface area contributed by atoms with Crippen molar-refractivity contribution < 1.29 is 23.7 Å². The molecule has 1 spiro atoms. The Labute approximate surface area is 192 Å². The van der Waals surface area contributed by atoms with E-state index in [4.69, 9.17) is 18.9 Å². The van der Waals surface area contributed by atoms with Crippen molar-refractivity contribution >= 4 is 6.09 Å². The van der Waals surface area contributed by atoms with Crippen molar-refractivity contribution in [2.24, 2.45) is 11.8 Å². The molecule has 1 saturated carbocycles. The molecule has 4 aliphatic heterocycles. The van der Waals surface area contributed by atoms with Gasteiger partial charge in [-0.1, -0.05) is 11.6 Å². The first-order valence-electron chi connectivity index (χ1n) is 12.5. The quantitative estimate of drug-likeness (QED) is 0.420. The minimum Gasteiger partial charge on any atom is -0.443 e. The Morgan fingerprint density at radius 3 is 2.59 bits per heavy atom. The van der Waals surface area contributed by atoms with E-state index in [1.165, 1.54) is 31.5 Å². The number of carbonyl (C=O) groups excluding carboxylic acids is 1. The molecule has 32 heavy (non-hydrogen) atoms. The van der Waals surface area contributed by atoms with Crippen LogP contribution in [0, 0.1) is 11.8 Å². The van der Waals surface area contributed by atoms with Gasteiger partial charge >= 0.3 is 6.09 Å². The molecule has 0 aromatic heterocycles. The average molecular weight is 449 g/mol. The van der Waals surface area contributed by atoms with Gasteiger partial charge < -0.3 is 28.7 Å². The molecule has 0 N–H and O–H groups in total. The molecule has 0 aromatic carbocycles. The van der Waals surface area contributed by atoms with E-state index < -0.39 is 0 Å². The lowest BCUT2D eigenvalue weighted by molar-refractivity contribution is -0.124. The summed E-state index contributed by atoms with van der Waals surface area (Å²) >= 11 is 0. The van der Waals surface area contributed by atoms with Crippen LogP contribution in [-0.2, 0) is 18.9 Å². The highest BCUT2D eigenvalue weighted by Crippen LogP contribution is 2.59. The third kappa shape index (κ3) is 4.22. The van der Waals surface area contributed by atoms with E-state index in [1.54, 1.807) is 7.11 Å². The maximum Gasteiger partial charge on any atom is 0.410 e. The molecule has 0 aromatic rings. The summed E-state index contributed by atoms with van der Waals surface area (Å²) in [7, 11) is 1.73. The van der Waals surface area contributed by atoms with Gasteiger partial charge in [0, 0.05) is 20.2 Å². The molecule has 0 unspecified atom stereocenters. The Balaban J connectivity index is 1.17. The molecule has 6 atom stereocenters. The van der Waals surface area contributed by atoms with Gasteiger partial charge in [0.05, 0.1) is 18.6 Å². The summed E-state index contributed by atoms with van der Waals surface area (Å²) in [5.74, 6) is 0.681. The highest BCUT2D eigenvalue weighted by molar-refractivity contribution is 5.69. The van der Waals surface area contributed by atoms with Crippen LogP contribution in [0.1, 0.15) is 52.9 Å². The summed E-state index contributed by atoms with van der Waals surface area (Å²) in [6.45, 7) is 12.4. The number of hydrogen-bond donors (Lipinski definition) is 0. The van der Waals surface area contributed by atoms with Gasteiger partial charge in [0.2, 0.25) is 0 Å². The number of amides is 1. The molecule has 5 aliphatic rings. The molecule has 7 heteroatoms. The maximum atomic E-state index is 12.9. The van der Waals surface area contributed by atoms with Gasteiger partial charge in [-0.15, -0.1) is 0 Å². The zero-order valence-electron chi connectivity index (χ0n) is 20.2. The topological polar surface area (TPSA) is 67.1 Å². The van der Waals surface area contributed by atoms with Crippen molar-refractivity contribution in [3.63, 3.8) is 0 Å². The van der Waals surface area contributed by atoms with Gasteiger partial charge in [-0.05, 0) is 78.4 Å². The number of nitrogens with zero attached hydrogens (tertiary/aromatic N) is 2. The number of carbonyl (C=O) groups is 1. The van der Waals surface area contributed by atoms with E-state index >= 15 is 0 Å². The smallest absolute Gasteiger partial charge is 0.410 e. The highest BCUT2D eigenvalue weighted by atomic mass is 16.6. The molecule has 180 valence electrons. The van der Waals surface area contributed by atoms with Gasteiger partial charge in [0.25, 0.3) is 0 Å². The standard InChI is InChI=1S/C25H40N2O5/c1-17(2)6-7-20-24(3,32-20)22-21(29-4)19(8-10-25(22)16-30-25)31-23(28)27-14-18(15-27)9-13-26-11-5-12-26/h6,18-22H,5,7-16H2,1-4H3/t19-,20-,21-,22-,24+,25+/m1/s1. The Hall–Kier alpha value is -1.15.